The van der Waals surface area contributed by atoms with E-state index in [2.05, 4.69) is 5.32 Å². The van der Waals surface area contributed by atoms with E-state index in [-0.39, 0.29) is 23.4 Å². The second-order valence-corrected chi connectivity index (χ2v) is 12.6. The van der Waals surface area contributed by atoms with Gasteiger partial charge in [0, 0.05) is 12.6 Å². The molecule has 0 aliphatic rings. The number of nitrogens with one attached hydrogen (secondary N) is 1. The fourth-order valence-corrected chi connectivity index (χ4v) is 6.19. The largest absolute Gasteiger partial charge is 0.352 e. The molecule has 214 valence electrons. The molecule has 40 heavy (non-hydrogen) atoms. The highest BCUT2D eigenvalue weighted by atomic mass is 35.5. The van der Waals surface area contributed by atoms with Crippen molar-refractivity contribution in [2.75, 3.05) is 10.8 Å². The lowest BCUT2D eigenvalue weighted by molar-refractivity contribution is -0.140. The lowest BCUT2D eigenvalue weighted by Gasteiger charge is -2.34. The number of rotatable bonds is 11. The number of benzene rings is 3. The first-order chi connectivity index (χ1) is 18.9. The van der Waals surface area contributed by atoms with Crippen LogP contribution >= 0.6 is 23.2 Å². The molecule has 3 rings (SSSR count). The summed E-state index contributed by atoms with van der Waals surface area (Å²) in [5.74, 6) is -0.854. The van der Waals surface area contributed by atoms with Gasteiger partial charge in [0.15, 0.2) is 0 Å². The molecule has 0 saturated heterocycles. The second kappa shape index (κ2) is 13.5. The standard InChI is InChI=1S/C30H35Cl2N3O4S/c1-6-27(30(37)33-20(2)3)34(18-23-15-16-25(31)26(32)17-23)29(36)19-35(28-14-10-11-21(4)22(28)5)40(38,39)24-12-8-7-9-13-24/h7-17,20,27H,6,18-19H2,1-5H3,(H,33,37). The molecule has 0 aromatic heterocycles. The summed E-state index contributed by atoms with van der Waals surface area (Å²) >= 11 is 12.3. The van der Waals surface area contributed by atoms with Gasteiger partial charge in [0.2, 0.25) is 11.8 Å². The summed E-state index contributed by atoms with van der Waals surface area (Å²) < 4.78 is 29.0. The molecule has 0 heterocycles. The van der Waals surface area contributed by atoms with Gasteiger partial charge in [0.25, 0.3) is 10.0 Å². The predicted molar refractivity (Wildman–Crippen MR) is 161 cm³/mol. The Bertz CT molecular complexity index is 1460. The molecule has 0 aliphatic heterocycles. The van der Waals surface area contributed by atoms with Crippen LogP contribution in [-0.2, 0) is 26.2 Å². The van der Waals surface area contributed by atoms with Crippen molar-refractivity contribution < 1.29 is 18.0 Å². The molecule has 0 fully saturated rings. The molecule has 3 aromatic carbocycles. The third-order valence-electron chi connectivity index (χ3n) is 6.61. The van der Waals surface area contributed by atoms with E-state index < -0.39 is 28.5 Å². The zero-order valence-electron chi connectivity index (χ0n) is 23.3. The minimum atomic E-state index is -4.13. The van der Waals surface area contributed by atoms with Gasteiger partial charge in [-0.05, 0) is 81.1 Å². The van der Waals surface area contributed by atoms with Crippen LogP contribution in [0.3, 0.4) is 0 Å². The fraction of sp³-hybridized carbons (Fsp3) is 0.333. The Hall–Kier alpha value is -3.07. The van der Waals surface area contributed by atoms with Gasteiger partial charge in [0.05, 0.1) is 20.6 Å². The van der Waals surface area contributed by atoms with Crippen LogP contribution in [0.15, 0.2) is 71.6 Å². The van der Waals surface area contributed by atoms with Crippen molar-refractivity contribution in [2.24, 2.45) is 0 Å². The highest BCUT2D eigenvalue weighted by Crippen LogP contribution is 2.30. The van der Waals surface area contributed by atoms with Crippen molar-refractivity contribution in [3.05, 3.63) is 93.5 Å². The lowest BCUT2D eigenvalue weighted by atomic mass is 10.1. The minimum Gasteiger partial charge on any atom is -0.352 e. The quantitative estimate of drug-likeness (QED) is 0.285. The maximum atomic E-state index is 14.1. The Morgan fingerprint density at radius 3 is 2.20 bits per heavy atom. The fourth-order valence-electron chi connectivity index (χ4n) is 4.37. The number of aryl methyl sites for hydroxylation is 1. The van der Waals surface area contributed by atoms with Gasteiger partial charge in [-0.25, -0.2) is 8.42 Å². The van der Waals surface area contributed by atoms with Crippen molar-refractivity contribution in [3.8, 4) is 0 Å². The number of sulfonamides is 1. The van der Waals surface area contributed by atoms with Crippen LogP contribution in [-0.4, -0.2) is 43.8 Å². The minimum absolute atomic E-state index is 0.0335. The zero-order chi connectivity index (χ0) is 29.6. The smallest absolute Gasteiger partial charge is 0.264 e. The predicted octanol–water partition coefficient (Wildman–Crippen LogP) is 6.14. The van der Waals surface area contributed by atoms with E-state index in [1.54, 1.807) is 48.5 Å². The van der Waals surface area contributed by atoms with Crippen LogP contribution in [0.1, 0.15) is 43.9 Å². The first-order valence-electron chi connectivity index (χ1n) is 13.0. The third-order valence-corrected chi connectivity index (χ3v) is 9.12. The van der Waals surface area contributed by atoms with Gasteiger partial charge in [-0.2, -0.15) is 0 Å². The highest BCUT2D eigenvalue weighted by Gasteiger charge is 2.34. The van der Waals surface area contributed by atoms with Crippen LogP contribution in [0, 0.1) is 13.8 Å². The van der Waals surface area contributed by atoms with E-state index in [4.69, 9.17) is 23.2 Å². The van der Waals surface area contributed by atoms with Crippen molar-refractivity contribution in [3.63, 3.8) is 0 Å². The maximum Gasteiger partial charge on any atom is 0.264 e. The van der Waals surface area contributed by atoms with Gasteiger partial charge >= 0.3 is 0 Å². The summed E-state index contributed by atoms with van der Waals surface area (Å²) in [7, 11) is -4.13. The molecule has 10 heteroatoms. The summed E-state index contributed by atoms with van der Waals surface area (Å²) in [5.41, 5.74) is 2.66. The molecule has 0 radical (unpaired) electrons. The van der Waals surface area contributed by atoms with E-state index in [0.29, 0.717) is 27.7 Å². The van der Waals surface area contributed by atoms with Crippen LogP contribution in [0.2, 0.25) is 10.0 Å². The van der Waals surface area contributed by atoms with Crippen LogP contribution in [0.25, 0.3) is 0 Å². The van der Waals surface area contributed by atoms with E-state index >= 15 is 0 Å². The Labute approximate surface area is 247 Å². The average Bonchev–Trinajstić information content (AvgIpc) is 2.91. The van der Waals surface area contributed by atoms with Gasteiger partial charge in [0.1, 0.15) is 12.6 Å². The van der Waals surface area contributed by atoms with Crippen molar-refractivity contribution in [1.82, 2.24) is 10.2 Å². The Kier molecular flexibility index (Phi) is 10.6. The molecular weight excluding hydrogens is 569 g/mol. The summed E-state index contributed by atoms with van der Waals surface area (Å²) in [5, 5.41) is 3.56. The molecule has 3 aromatic rings. The van der Waals surface area contributed by atoms with Gasteiger partial charge in [-0.1, -0.05) is 66.5 Å². The van der Waals surface area contributed by atoms with Crippen molar-refractivity contribution >= 4 is 50.7 Å². The van der Waals surface area contributed by atoms with E-state index in [9.17, 15) is 18.0 Å². The highest BCUT2D eigenvalue weighted by molar-refractivity contribution is 7.92. The number of hydrogen-bond donors (Lipinski definition) is 1. The molecule has 0 aliphatic carbocycles. The van der Waals surface area contributed by atoms with E-state index in [1.807, 2.05) is 40.7 Å². The summed E-state index contributed by atoms with van der Waals surface area (Å²) in [4.78, 5) is 28.8. The number of nitrogens with zero attached hydrogens (tertiary/aromatic N) is 2. The molecule has 1 atom stereocenters. The SMILES string of the molecule is CCC(C(=O)NC(C)C)N(Cc1ccc(Cl)c(Cl)c1)C(=O)CN(c1cccc(C)c1C)S(=O)(=O)c1ccccc1. The van der Waals surface area contributed by atoms with Crippen LogP contribution in [0.4, 0.5) is 5.69 Å². The number of amides is 2. The Balaban J connectivity index is 2.11. The molecule has 1 N–H and O–H groups in total. The average molecular weight is 605 g/mol. The first kappa shape index (κ1) is 31.5. The van der Waals surface area contributed by atoms with Crippen molar-refractivity contribution in [2.45, 2.75) is 64.6 Å². The normalized spacial score (nSPS) is 12.2. The molecule has 2 amide bonds. The van der Waals surface area contributed by atoms with Gasteiger partial charge < -0.3 is 10.2 Å². The van der Waals surface area contributed by atoms with Gasteiger partial charge in [-0.3, -0.25) is 13.9 Å². The number of anilines is 1. The Morgan fingerprint density at radius 1 is 0.925 bits per heavy atom. The van der Waals surface area contributed by atoms with E-state index in [0.717, 1.165) is 15.4 Å². The molecular formula is C30H35Cl2N3O4S. The maximum absolute atomic E-state index is 14.1. The number of halogens is 2. The first-order valence-corrected chi connectivity index (χ1v) is 15.2. The summed E-state index contributed by atoms with van der Waals surface area (Å²) in [6.45, 7) is 8.72. The molecule has 0 spiro atoms. The molecule has 0 bridgehead atoms. The number of carbonyl (C=O) groups excluding carboxylic acids is 2. The van der Waals surface area contributed by atoms with E-state index in [1.165, 1.54) is 17.0 Å². The molecule has 1 unspecified atom stereocenters. The monoisotopic (exact) mass is 603 g/mol. The van der Waals surface area contributed by atoms with Crippen LogP contribution in [0.5, 0.6) is 0 Å². The number of carbonyl (C=O) groups is 2. The number of hydrogen-bond acceptors (Lipinski definition) is 4. The third kappa shape index (κ3) is 7.36. The van der Waals surface area contributed by atoms with Gasteiger partial charge in [-0.15, -0.1) is 0 Å². The lowest BCUT2D eigenvalue weighted by Crippen LogP contribution is -2.53. The summed E-state index contributed by atoms with van der Waals surface area (Å²) in [6, 6.07) is 17.3. The zero-order valence-corrected chi connectivity index (χ0v) is 25.6. The Morgan fingerprint density at radius 2 is 1.60 bits per heavy atom. The second-order valence-electron chi connectivity index (χ2n) is 9.90. The van der Waals surface area contributed by atoms with Crippen molar-refractivity contribution in [1.29, 1.82) is 0 Å². The summed E-state index contributed by atoms with van der Waals surface area (Å²) in [6.07, 6.45) is 0.320. The van der Waals surface area contributed by atoms with Crippen LogP contribution < -0.4 is 9.62 Å². The molecule has 0 saturated carbocycles. The molecule has 7 nitrogen and oxygen atoms in total. The topological polar surface area (TPSA) is 86.8 Å².